The number of rotatable bonds is 2. The summed E-state index contributed by atoms with van der Waals surface area (Å²) in [6.07, 6.45) is 0.670. The molecule has 1 fully saturated rings. The van der Waals surface area contributed by atoms with Gasteiger partial charge in [0.15, 0.2) is 11.5 Å². The van der Waals surface area contributed by atoms with Gasteiger partial charge in [0.2, 0.25) is 10.0 Å². The smallest absolute Gasteiger partial charge is 0.243 e. The molecule has 7 heteroatoms. The Morgan fingerprint density at radius 1 is 1.20 bits per heavy atom. The van der Waals surface area contributed by atoms with Crippen molar-refractivity contribution >= 4 is 10.0 Å². The molecule has 1 atom stereocenters. The predicted molar refractivity (Wildman–Crippen MR) is 71.4 cm³/mol. The van der Waals surface area contributed by atoms with Crippen molar-refractivity contribution in [3.05, 3.63) is 18.2 Å². The van der Waals surface area contributed by atoms with Gasteiger partial charge in [0.05, 0.1) is 24.2 Å². The quantitative estimate of drug-likeness (QED) is 0.865. The summed E-state index contributed by atoms with van der Waals surface area (Å²) < 4.78 is 37.2. The molecule has 2 aliphatic rings. The molecule has 1 aromatic carbocycles. The average molecular weight is 299 g/mol. The van der Waals surface area contributed by atoms with Gasteiger partial charge in [0.1, 0.15) is 0 Å². The van der Waals surface area contributed by atoms with Crippen LogP contribution in [0.2, 0.25) is 0 Å². The molecule has 110 valence electrons. The van der Waals surface area contributed by atoms with Crippen LogP contribution in [0.5, 0.6) is 11.5 Å². The summed E-state index contributed by atoms with van der Waals surface area (Å²) in [5.41, 5.74) is 0. The van der Waals surface area contributed by atoms with Crippen molar-refractivity contribution in [1.82, 2.24) is 4.31 Å². The summed E-state index contributed by atoms with van der Waals surface area (Å²) in [6, 6.07) is 4.65. The lowest BCUT2D eigenvalue weighted by Crippen LogP contribution is -2.29. The molecule has 0 aromatic heterocycles. The van der Waals surface area contributed by atoms with E-state index in [1.807, 2.05) is 0 Å². The SMILES string of the molecule is O=S(=O)(c1ccc2c(c1)OCCCO2)N1CC[C@H](O)C1. The Kier molecular flexibility index (Phi) is 3.57. The maximum atomic E-state index is 12.5. The molecule has 2 heterocycles. The largest absolute Gasteiger partial charge is 0.490 e. The second-order valence-corrected chi connectivity index (χ2v) is 6.90. The third kappa shape index (κ3) is 2.48. The highest BCUT2D eigenvalue weighted by molar-refractivity contribution is 7.89. The fourth-order valence-electron chi connectivity index (χ4n) is 2.38. The van der Waals surface area contributed by atoms with Gasteiger partial charge in [-0.15, -0.1) is 0 Å². The topological polar surface area (TPSA) is 76.1 Å². The van der Waals surface area contributed by atoms with E-state index in [1.165, 1.54) is 16.4 Å². The zero-order valence-electron chi connectivity index (χ0n) is 11.0. The Hall–Kier alpha value is -1.31. The number of fused-ring (bicyclic) bond motifs is 1. The van der Waals surface area contributed by atoms with E-state index >= 15 is 0 Å². The average Bonchev–Trinajstić information content (AvgIpc) is 2.74. The van der Waals surface area contributed by atoms with Crippen molar-refractivity contribution in [1.29, 1.82) is 0 Å². The van der Waals surface area contributed by atoms with Gasteiger partial charge < -0.3 is 14.6 Å². The number of hydrogen-bond donors (Lipinski definition) is 1. The molecular formula is C13H17NO5S. The third-order valence-corrected chi connectivity index (χ3v) is 5.34. The van der Waals surface area contributed by atoms with Gasteiger partial charge in [-0.3, -0.25) is 0 Å². The summed E-state index contributed by atoms with van der Waals surface area (Å²) >= 11 is 0. The van der Waals surface area contributed by atoms with Crippen LogP contribution in [-0.4, -0.2) is 50.2 Å². The maximum absolute atomic E-state index is 12.5. The first-order valence-corrected chi connectivity index (χ1v) is 8.09. The second kappa shape index (κ2) is 5.23. The molecule has 0 unspecified atom stereocenters. The van der Waals surface area contributed by atoms with E-state index in [2.05, 4.69) is 0 Å². The van der Waals surface area contributed by atoms with Gasteiger partial charge >= 0.3 is 0 Å². The van der Waals surface area contributed by atoms with Gasteiger partial charge in [0.25, 0.3) is 0 Å². The van der Waals surface area contributed by atoms with Gasteiger partial charge in [-0.05, 0) is 18.6 Å². The zero-order valence-corrected chi connectivity index (χ0v) is 11.8. The summed E-state index contributed by atoms with van der Waals surface area (Å²) in [5.74, 6) is 1.03. The summed E-state index contributed by atoms with van der Waals surface area (Å²) in [6.45, 7) is 1.57. The molecule has 20 heavy (non-hydrogen) atoms. The summed E-state index contributed by atoms with van der Waals surface area (Å²) in [4.78, 5) is 0.177. The van der Waals surface area contributed by atoms with Gasteiger partial charge in [-0.25, -0.2) is 8.42 Å². The van der Waals surface area contributed by atoms with Crippen molar-refractivity contribution < 1.29 is 23.0 Å². The van der Waals surface area contributed by atoms with E-state index in [0.717, 1.165) is 6.42 Å². The molecule has 1 aromatic rings. The van der Waals surface area contributed by atoms with Crippen molar-refractivity contribution in [3.8, 4) is 11.5 Å². The lowest BCUT2D eigenvalue weighted by atomic mass is 10.3. The minimum Gasteiger partial charge on any atom is -0.490 e. The van der Waals surface area contributed by atoms with Crippen molar-refractivity contribution in [2.45, 2.75) is 23.8 Å². The highest BCUT2D eigenvalue weighted by Gasteiger charge is 2.32. The highest BCUT2D eigenvalue weighted by Crippen LogP contribution is 2.33. The molecule has 0 spiro atoms. The van der Waals surface area contributed by atoms with Crippen LogP contribution in [0.1, 0.15) is 12.8 Å². The molecular weight excluding hydrogens is 282 g/mol. The number of nitrogens with zero attached hydrogens (tertiary/aromatic N) is 1. The monoisotopic (exact) mass is 299 g/mol. The molecule has 0 radical (unpaired) electrons. The summed E-state index contributed by atoms with van der Waals surface area (Å²) in [7, 11) is -3.58. The van der Waals surface area contributed by atoms with Crippen molar-refractivity contribution in [2.75, 3.05) is 26.3 Å². The number of β-amino-alcohol motifs (C(OH)–C–C–N with tert-alkyl or cyclic N) is 1. The highest BCUT2D eigenvalue weighted by atomic mass is 32.2. The maximum Gasteiger partial charge on any atom is 0.243 e. The summed E-state index contributed by atoms with van der Waals surface area (Å²) in [5, 5.41) is 9.49. The van der Waals surface area contributed by atoms with Crippen LogP contribution in [0, 0.1) is 0 Å². The predicted octanol–water partition coefficient (Wildman–Crippen LogP) is 0.603. The first-order chi connectivity index (χ1) is 9.57. The van der Waals surface area contributed by atoms with E-state index in [9.17, 15) is 13.5 Å². The lowest BCUT2D eigenvalue weighted by Gasteiger charge is -2.17. The molecule has 2 aliphatic heterocycles. The lowest BCUT2D eigenvalue weighted by molar-refractivity contribution is 0.189. The van der Waals surface area contributed by atoms with Crippen LogP contribution in [0.3, 0.4) is 0 Å². The van der Waals surface area contributed by atoms with E-state index < -0.39 is 16.1 Å². The second-order valence-electron chi connectivity index (χ2n) is 4.96. The van der Waals surface area contributed by atoms with Crippen LogP contribution in [0.4, 0.5) is 0 Å². The minimum absolute atomic E-state index is 0.150. The third-order valence-electron chi connectivity index (χ3n) is 3.48. The zero-order chi connectivity index (χ0) is 14.2. The number of benzene rings is 1. The first-order valence-electron chi connectivity index (χ1n) is 6.65. The molecule has 6 nitrogen and oxygen atoms in total. The fourth-order valence-corrected chi connectivity index (χ4v) is 3.89. The van der Waals surface area contributed by atoms with E-state index in [0.29, 0.717) is 37.7 Å². The van der Waals surface area contributed by atoms with Crippen LogP contribution < -0.4 is 9.47 Å². The molecule has 1 N–H and O–H groups in total. The van der Waals surface area contributed by atoms with Crippen LogP contribution >= 0.6 is 0 Å². The van der Waals surface area contributed by atoms with Gasteiger partial charge in [0, 0.05) is 25.6 Å². The number of aliphatic hydroxyl groups is 1. The minimum atomic E-state index is -3.58. The van der Waals surface area contributed by atoms with Crippen molar-refractivity contribution in [2.24, 2.45) is 0 Å². The number of aliphatic hydroxyl groups excluding tert-OH is 1. The molecule has 0 saturated carbocycles. The molecule has 3 rings (SSSR count). The van der Waals surface area contributed by atoms with Crippen LogP contribution in [0.25, 0.3) is 0 Å². The number of ether oxygens (including phenoxy) is 2. The standard InChI is InChI=1S/C13H17NO5S/c15-10-4-5-14(9-10)20(16,17)11-2-3-12-13(8-11)19-7-1-6-18-12/h2-3,8,10,15H,1,4-7,9H2/t10-/m0/s1. The Bertz CT molecular complexity index is 601. The number of hydrogen-bond acceptors (Lipinski definition) is 5. The normalized spacial score (nSPS) is 23.6. The van der Waals surface area contributed by atoms with E-state index in [4.69, 9.17) is 9.47 Å². The Labute approximate surface area is 118 Å². The van der Waals surface area contributed by atoms with Crippen LogP contribution in [-0.2, 0) is 10.0 Å². The Morgan fingerprint density at radius 2 is 1.95 bits per heavy atom. The van der Waals surface area contributed by atoms with E-state index in [-0.39, 0.29) is 11.4 Å². The fraction of sp³-hybridized carbons (Fsp3) is 0.538. The van der Waals surface area contributed by atoms with Crippen LogP contribution in [0.15, 0.2) is 23.1 Å². The number of sulfonamides is 1. The van der Waals surface area contributed by atoms with E-state index in [1.54, 1.807) is 6.07 Å². The first kappa shape index (κ1) is 13.7. The Morgan fingerprint density at radius 3 is 2.65 bits per heavy atom. The molecule has 0 bridgehead atoms. The van der Waals surface area contributed by atoms with Gasteiger partial charge in [-0.1, -0.05) is 0 Å². The van der Waals surface area contributed by atoms with Gasteiger partial charge in [-0.2, -0.15) is 4.31 Å². The molecule has 0 amide bonds. The molecule has 1 saturated heterocycles. The molecule has 0 aliphatic carbocycles. The van der Waals surface area contributed by atoms with Crippen molar-refractivity contribution in [3.63, 3.8) is 0 Å². The Balaban J connectivity index is 1.92.